The van der Waals surface area contributed by atoms with Crippen molar-refractivity contribution in [2.45, 2.75) is 72.3 Å². The highest BCUT2D eigenvalue weighted by atomic mass is 16.6. The van der Waals surface area contributed by atoms with Crippen molar-refractivity contribution in [3.05, 3.63) is 0 Å². The Kier molecular flexibility index (Phi) is 3.98. The third-order valence-corrected chi connectivity index (χ3v) is 3.58. The topological polar surface area (TPSA) is 32.7 Å². The van der Waals surface area contributed by atoms with Crippen molar-refractivity contribution in [1.82, 2.24) is 4.90 Å². The second kappa shape index (κ2) is 4.52. The molecule has 0 aromatic heterocycles. The minimum absolute atomic E-state index is 0.0551. The first-order valence-corrected chi connectivity index (χ1v) is 6.63. The van der Waals surface area contributed by atoms with Gasteiger partial charge in [0.2, 0.25) is 0 Å². The van der Waals surface area contributed by atoms with Gasteiger partial charge in [0.15, 0.2) is 5.79 Å². The van der Waals surface area contributed by atoms with Crippen molar-refractivity contribution < 1.29 is 9.84 Å². The molecule has 0 saturated carbocycles. The third kappa shape index (κ3) is 3.43. The summed E-state index contributed by atoms with van der Waals surface area (Å²) < 4.78 is 5.56. The van der Waals surface area contributed by atoms with E-state index in [1.807, 2.05) is 6.92 Å². The summed E-state index contributed by atoms with van der Waals surface area (Å²) >= 11 is 0. The van der Waals surface area contributed by atoms with Gasteiger partial charge >= 0.3 is 0 Å². The van der Waals surface area contributed by atoms with Crippen LogP contribution in [0.5, 0.6) is 0 Å². The van der Waals surface area contributed by atoms with Crippen molar-refractivity contribution in [2.75, 3.05) is 13.2 Å². The number of likely N-dealkylation sites (tertiary alicyclic amines) is 1. The van der Waals surface area contributed by atoms with Gasteiger partial charge in [0.05, 0.1) is 6.54 Å². The van der Waals surface area contributed by atoms with Gasteiger partial charge in [-0.2, -0.15) is 0 Å². The second-order valence-corrected chi connectivity index (χ2v) is 7.26. The van der Waals surface area contributed by atoms with Gasteiger partial charge in [0.25, 0.3) is 0 Å². The Hall–Kier alpha value is -0.120. The van der Waals surface area contributed by atoms with Gasteiger partial charge in [-0.1, -0.05) is 20.8 Å². The molecule has 1 heterocycles. The van der Waals surface area contributed by atoms with E-state index in [-0.39, 0.29) is 11.0 Å². The molecule has 3 heteroatoms. The molecule has 0 spiro atoms. The van der Waals surface area contributed by atoms with Crippen molar-refractivity contribution in [3.63, 3.8) is 0 Å². The summed E-state index contributed by atoms with van der Waals surface area (Å²) in [4.78, 5) is 2.38. The Labute approximate surface area is 106 Å². The maximum Gasteiger partial charge on any atom is 0.179 e. The summed E-state index contributed by atoms with van der Waals surface area (Å²) in [6, 6.07) is 0.346. The molecule has 0 amide bonds. The van der Waals surface area contributed by atoms with Crippen molar-refractivity contribution in [3.8, 4) is 0 Å². The monoisotopic (exact) mass is 243 g/mol. The number of β-amino-alcohol motifs (C(OH)–C–C–N with tert-alkyl or cyclic N) is 1. The van der Waals surface area contributed by atoms with Crippen molar-refractivity contribution >= 4 is 0 Å². The number of aliphatic hydroxyl groups is 1. The van der Waals surface area contributed by atoms with Gasteiger partial charge in [-0.05, 0) is 33.1 Å². The molecule has 0 radical (unpaired) electrons. The Bertz CT molecular complexity index is 240. The van der Waals surface area contributed by atoms with E-state index in [2.05, 4.69) is 46.4 Å². The largest absolute Gasteiger partial charge is 0.364 e. The van der Waals surface area contributed by atoms with Gasteiger partial charge in [0.1, 0.15) is 0 Å². The Morgan fingerprint density at radius 2 is 1.76 bits per heavy atom. The highest BCUT2D eigenvalue weighted by Gasteiger charge is 2.50. The zero-order chi connectivity index (χ0) is 13.5. The number of rotatable bonds is 2. The number of hydrogen-bond donors (Lipinski definition) is 1. The van der Waals surface area contributed by atoms with E-state index < -0.39 is 5.79 Å². The van der Waals surface area contributed by atoms with E-state index in [1.165, 1.54) is 0 Å². The quantitative estimate of drug-likeness (QED) is 0.757. The molecular weight excluding hydrogens is 214 g/mol. The average Bonchev–Trinajstić information content (AvgIpc) is 2.42. The number of nitrogens with zero attached hydrogens (tertiary/aromatic N) is 1. The molecular formula is C14H29NO2. The molecule has 1 rings (SSSR count). The molecule has 17 heavy (non-hydrogen) atoms. The number of hydrogen-bond acceptors (Lipinski definition) is 3. The van der Waals surface area contributed by atoms with Gasteiger partial charge in [-0.15, -0.1) is 0 Å². The predicted molar refractivity (Wildman–Crippen MR) is 70.9 cm³/mol. The minimum atomic E-state index is -0.972. The summed E-state index contributed by atoms with van der Waals surface area (Å²) in [5.41, 5.74) is 0.203. The van der Waals surface area contributed by atoms with E-state index in [0.29, 0.717) is 25.6 Å². The van der Waals surface area contributed by atoms with Crippen LogP contribution in [0.1, 0.15) is 54.9 Å². The molecule has 1 aliphatic rings. The molecule has 1 fully saturated rings. The first kappa shape index (κ1) is 14.9. The molecule has 0 aromatic rings. The molecule has 1 N–H and O–H groups in total. The van der Waals surface area contributed by atoms with Crippen LogP contribution in [0.25, 0.3) is 0 Å². The first-order chi connectivity index (χ1) is 7.49. The highest BCUT2D eigenvalue weighted by molar-refractivity contribution is 5.00. The van der Waals surface area contributed by atoms with Crippen molar-refractivity contribution in [2.24, 2.45) is 5.41 Å². The van der Waals surface area contributed by atoms with Crippen LogP contribution in [-0.4, -0.2) is 40.5 Å². The predicted octanol–water partition coefficient (Wildman–Crippen LogP) is 2.63. The van der Waals surface area contributed by atoms with E-state index in [9.17, 15) is 5.11 Å². The second-order valence-electron chi connectivity index (χ2n) is 7.26. The minimum Gasteiger partial charge on any atom is -0.364 e. The van der Waals surface area contributed by atoms with Gasteiger partial charge in [-0.25, -0.2) is 0 Å². The molecule has 2 atom stereocenters. The molecule has 0 aromatic carbocycles. The standard InChI is InChI=1S/C14H29NO2/c1-8-17-14(16)9-11(12(2,3)4)15(10-14)13(5,6)7/h11,16H,8-10H2,1-7H3. The summed E-state index contributed by atoms with van der Waals surface area (Å²) in [7, 11) is 0. The number of ether oxygens (including phenoxy) is 1. The molecule has 0 bridgehead atoms. The third-order valence-electron chi connectivity index (χ3n) is 3.58. The molecule has 1 aliphatic heterocycles. The first-order valence-electron chi connectivity index (χ1n) is 6.63. The zero-order valence-electron chi connectivity index (χ0n) is 12.5. The van der Waals surface area contributed by atoms with Crippen LogP contribution in [0.2, 0.25) is 0 Å². The van der Waals surface area contributed by atoms with Gasteiger partial charge in [-0.3, -0.25) is 4.90 Å². The van der Waals surface area contributed by atoms with E-state index >= 15 is 0 Å². The Morgan fingerprint density at radius 1 is 1.24 bits per heavy atom. The van der Waals surface area contributed by atoms with E-state index in [4.69, 9.17) is 4.74 Å². The SMILES string of the molecule is CCOC1(O)CC(C(C)(C)C)N(C(C)(C)C)C1. The Balaban J connectivity index is 2.95. The van der Waals surface area contributed by atoms with Gasteiger partial charge < -0.3 is 9.84 Å². The summed E-state index contributed by atoms with van der Waals surface area (Å²) in [6.07, 6.45) is 0.696. The highest BCUT2D eigenvalue weighted by Crippen LogP contribution is 2.41. The molecule has 3 nitrogen and oxygen atoms in total. The molecule has 1 saturated heterocycles. The lowest BCUT2D eigenvalue weighted by Crippen LogP contribution is -2.50. The maximum absolute atomic E-state index is 10.5. The van der Waals surface area contributed by atoms with Gasteiger partial charge in [0, 0.05) is 24.6 Å². The van der Waals surface area contributed by atoms with E-state index in [1.54, 1.807) is 0 Å². The molecule has 0 aliphatic carbocycles. The fraction of sp³-hybridized carbons (Fsp3) is 1.00. The summed E-state index contributed by atoms with van der Waals surface area (Å²) in [5.74, 6) is -0.972. The lowest BCUT2D eigenvalue weighted by molar-refractivity contribution is -0.192. The maximum atomic E-state index is 10.5. The smallest absolute Gasteiger partial charge is 0.179 e. The normalized spacial score (nSPS) is 32.1. The van der Waals surface area contributed by atoms with Crippen LogP contribution in [0, 0.1) is 5.41 Å². The van der Waals surface area contributed by atoms with Crippen LogP contribution < -0.4 is 0 Å². The van der Waals surface area contributed by atoms with Crippen LogP contribution in [-0.2, 0) is 4.74 Å². The van der Waals surface area contributed by atoms with Crippen LogP contribution in [0.15, 0.2) is 0 Å². The summed E-state index contributed by atoms with van der Waals surface area (Å²) in [5, 5.41) is 10.5. The lowest BCUT2D eigenvalue weighted by atomic mass is 9.83. The summed E-state index contributed by atoms with van der Waals surface area (Å²) in [6.45, 7) is 16.4. The van der Waals surface area contributed by atoms with Crippen LogP contribution >= 0.6 is 0 Å². The fourth-order valence-electron chi connectivity index (χ4n) is 2.70. The average molecular weight is 243 g/mol. The lowest BCUT2D eigenvalue weighted by Gasteiger charge is -2.42. The van der Waals surface area contributed by atoms with E-state index in [0.717, 1.165) is 0 Å². The molecule has 102 valence electrons. The van der Waals surface area contributed by atoms with Crippen LogP contribution in [0.4, 0.5) is 0 Å². The van der Waals surface area contributed by atoms with Crippen LogP contribution in [0.3, 0.4) is 0 Å². The Morgan fingerprint density at radius 3 is 2.06 bits per heavy atom. The fourth-order valence-corrected chi connectivity index (χ4v) is 2.70. The van der Waals surface area contributed by atoms with Crippen molar-refractivity contribution in [1.29, 1.82) is 0 Å². The molecule has 2 unspecified atom stereocenters. The zero-order valence-corrected chi connectivity index (χ0v) is 12.5.